The van der Waals surface area contributed by atoms with Crippen LogP contribution < -0.4 is 9.80 Å². The van der Waals surface area contributed by atoms with Crippen LogP contribution in [0.4, 0.5) is 11.6 Å². The fraction of sp³-hybridized carbons (Fsp3) is 0.588. The van der Waals surface area contributed by atoms with Gasteiger partial charge in [-0.1, -0.05) is 81.9 Å². The van der Waals surface area contributed by atoms with Crippen LogP contribution in [-0.4, -0.2) is 41.3 Å². The van der Waals surface area contributed by atoms with Crippen LogP contribution >= 0.6 is 0 Å². The molecule has 0 spiro atoms. The molecule has 3 aromatic rings. The number of fused-ring (bicyclic) bond motifs is 1. The lowest BCUT2D eigenvalue weighted by Crippen LogP contribution is -2.24. The average Bonchev–Trinajstić information content (AvgIpc) is 3.61. The van der Waals surface area contributed by atoms with E-state index < -0.39 is 0 Å². The molecule has 212 valence electrons. The molecule has 0 aliphatic carbocycles. The first-order valence-corrected chi connectivity index (χ1v) is 15.5. The van der Waals surface area contributed by atoms with Crippen LogP contribution in [0.25, 0.3) is 11.2 Å². The van der Waals surface area contributed by atoms with Crippen LogP contribution in [-0.2, 0) is 6.42 Å². The predicted molar refractivity (Wildman–Crippen MR) is 168 cm³/mol. The number of rotatable bonds is 15. The van der Waals surface area contributed by atoms with Crippen molar-refractivity contribution in [3.63, 3.8) is 0 Å². The van der Waals surface area contributed by atoms with Crippen molar-refractivity contribution in [3.05, 3.63) is 59.3 Å². The van der Waals surface area contributed by atoms with Gasteiger partial charge in [-0.05, 0) is 63.5 Å². The van der Waals surface area contributed by atoms with Gasteiger partial charge in [0.25, 0.3) is 0 Å². The molecule has 1 aliphatic rings. The number of benzene rings is 1. The Morgan fingerprint density at radius 2 is 1.79 bits per heavy atom. The summed E-state index contributed by atoms with van der Waals surface area (Å²) in [5, 5.41) is 5.09. The molecule has 0 N–H and O–H groups in total. The first-order chi connectivity index (χ1) is 18.9. The van der Waals surface area contributed by atoms with Crippen molar-refractivity contribution in [1.29, 1.82) is 0 Å². The number of unbranched alkanes of at least 4 members (excludes halogenated alkanes) is 5. The van der Waals surface area contributed by atoms with E-state index in [9.17, 15) is 0 Å². The van der Waals surface area contributed by atoms with Gasteiger partial charge in [0.2, 0.25) is 0 Å². The number of hydrogen-bond donors (Lipinski definition) is 0. The Kier molecular flexibility index (Phi) is 10.5. The largest absolute Gasteiger partial charge is 0.359 e. The SMILES string of the molecule is C=C(C)c1cc(C)ccc1CCCCCCN(C)c1cc(N2CCCC2)nc2cc(C(C)CCCCC)nn12. The summed E-state index contributed by atoms with van der Waals surface area (Å²) in [6.07, 6.45) is 13.6. The molecule has 0 bridgehead atoms. The molecule has 2 aromatic heterocycles. The van der Waals surface area contributed by atoms with E-state index in [1.54, 1.807) is 0 Å². The van der Waals surface area contributed by atoms with Crippen LogP contribution in [0.2, 0.25) is 0 Å². The number of aryl methyl sites for hydroxylation is 2. The minimum atomic E-state index is 0.463. The van der Waals surface area contributed by atoms with E-state index in [2.05, 4.69) is 86.0 Å². The van der Waals surface area contributed by atoms with Gasteiger partial charge in [0, 0.05) is 44.7 Å². The Morgan fingerprint density at radius 1 is 1.03 bits per heavy atom. The molecule has 39 heavy (non-hydrogen) atoms. The van der Waals surface area contributed by atoms with Crippen LogP contribution in [0.5, 0.6) is 0 Å². The normalized spacial score (nSPS) is 14.3. The molecule has 3 heterocycles. The van der Waals surface area contributed by atoms with E-state index in [4.69, 9.17) is 10.1 Å². The average molecular weight is 530 g/mol. The third kappa shape index (κ3) is 7.64. The second kappa shape index (κ2) is 14.0. The fourth-order valence-electron chi connectivity index (χ4n) is 5.87. The summed E-state index contributed by atoms with van der Waals surface area (Å²) in [5.41, 5.74) is 7.43. The van der Waals surface area contributed by atoms with Crippen LogP contribution in [0.15, 0.2) is 36.9 Å². The Morgan fingerprint density at radius 3 is 2.54 bits per heavy atom. The van der Waals surface area contributed by atoms with Crippen molar-refractivity contribution in [2.45, 2.75) is 104 Å². The Balaban J connectivity index is 1.38. The highest BCUT2D eigenvalue weighted by Crippen LogP contribution is 2.29. The van der Waals surface area contributed by atoms with E-state index in [0.29, 0.717) is 5.92 Å². The van der Waals surface area contributed by atoms with E-state index in [1.807, 2.05) is 0 Å². The zero-order valence-electron chi connectivity index (χ0n) is 25.3. The number of anilines is 2. The summed E-state index contributed by atoms with van der Waals surface area (Å²) in [5.74, 6) is 2.74. The third-order valence-electron chi connectivity index (χ3n) is 8.40. The standard InChI is InChI=1S/C34H51N5/c1-7-8-11-16-28(5)31-24-33-35-32(38-21-14-15-22-38)25-34(39(33)36-31)37(6)20-13-10-9-12-17-29-19-18-27(4)23-30(29)26(2)3/h18-19,23-25,28H,2,7-17,20-22H2,1,3-6H3. The zero-order valence-corrected chi connectivity index (χ0v) is 25.3. The van der Waals surface area contributed by atoms with Gasteiger partial charge in [-0.25, -0.2) is 4.98 Å². The van der Waals surface area contributed by atoms with Crippen LogP contribution in [0.1, 0.15) is 113 Å². The molecule has 1 saturated heterocycles. The molecule has 1 aromatic carbocycles. The highest BCUT2D eigenvalue weighted by Gasteiger charge is 2.20. The number of nitrogens with zero attached hydrogens (tertiary/aromatic N) is 5. The molecule has 1 unspecified atom stereocenters. The van der Waals surface area contributed by atoms with Crippen molar-refractivity contribution < 1.29 is 0 Å². The van der Waals surface area contributed by atoms with Crippen LogP contribution in [0.3, 0.4) is 0 Å². The first kappa shape index (κ1) is 29.2. The second-order valence-electron chi connectivity index (χ2n) is 11.9. The molecular formula is C34H51N5. The second-order valence-corrected chi connectivity index (χ2v) is 11.9. The van der Waals surface area contributed by atoms with Gasteiger partial charge < -0.3 is 9.80 Å². The molecule has 0 radical (unpaired) electrons. The molecule has 0 saturated carbocycles. The quantitative estimate of drug-likeness (QED) is 0.185. The van der Waals surface area contributed by atoms with E-state index in [0.717, 1.165) is 37.5 Å². The smallest absolute Gasteiger partial charge is 0.160 e. The van der Waals surface area contributed by atoms with Gasteiger partial charge in [-0.2, -0.15) is 9.61 Å². The molecule has 0 amide bonds. The van der Waals surface area contributed by atoms with Crippen molar-refractivity contribution in [1.82, 2.24) is 14.6 Å². The molecule has 1 fully saturated rings. The Labute approximate surface area is 237 Å². The van der Waals surface area contributed by atoms with Crippen molar-refractivity contribution in [2.24, 2.45) is 0 Å². The van der Waals surface area contributed by atoms with Crippen molar-refractivity contribution >= 4 is 22.9 Å². The maximum absolute atomic E-state index is 5.09. The maximum Gasteiger partial charge on any atom is 0.160 e. The molecule has 4 rings (SSSR count). The number of hydrogen-bond acceptors (Lipinski definition) is 4. The van der Waals surface area contributed by atoms with Gasteiger partial charge >= 0.3 is 0 Å². The minimum absolute atomic E-state index is 0.463. The lowest BCUT2D eigenvalue weighted by atomic mass is 9.95. The summed E-state index contributed by atoms with van der Waals surface area (Å²) in [6, 6.07) is 11.3. The molecule has 5 heteroatoms. The van der Waals surface area contributed by atoms with Gasteiger partial charge in [0.05, 0.1) is 5.69 Å². The lowest BCUT2D eigenvalue weighted by Gasteiger charge is -2.23. The highest BCUT2D eigenvalue weighted by atomic mass is 15.4. The minimum Gasteiger partial charge on any atom is -0.359 e. The topological polar surface area (TPSA) is 36.7 Å². The molecular weight excluding hydrogens is 478 g/mol. The number of aromatic nitrogens is 3. The monoisotopic (exact) mass is 529 g/mol. The van der Waals surface area contributed by atoms with Gasteiger partial charge in [0.1, 0.15) is 11.6 Å². The lowest BCUT2D eigenvalue weighted by molar-refractivity contribution is 0.584. The maximum atomic E-state index is 5.09. The Bertz CT molecular complexity index is 1220. The summed E-state index contributed by atoms with van der Waals surface area (Å²) in [6.45, 7) is 16.3. The summed E-state index contributed by atoms with van der Waals surface area (Å²) in [7, 11) is 2.22. The third-order valence-corrected chi connectivity index (χ3v) is 8.40. The van der Waals surface area contributed by atoms with Gasteiger partial charge in [-0.15, -0.1) is 0 Å². The van der Waals surface area contributed by atoms with Crippen molar-refractivity contribution in [2.75, 3.05) is 36.5 Å². The van der Waals surface area contributed by atoms with E-state index in [1.165, 1.54) is 98.0 Å². The van der Waals surface area contributed by atoms with E-state index in [-0.39, 0.29) is 0 Å². The van der Waals surface area contributed by atoms with Crippen molar-refractivity contribution in [3.8, 4) is 0 Å². The molecule has 5 nitrogen and oxygen atoms in total. The molecule has 1 aliphatic heterocycles. The first-order valence-electron chi connectivity index (χ1n) is 15.5. The summed E-state index contributed by atoms with van der Waals surface area (Å²) < 4.78 is 2.10. The number of allylic oxidation sites excluding steroid dienone is 1. The molecule has 1 atom stereocenters. The predicted octanol–water partition coefficient (Wildman–Crippen LogP) is 8.59. The van der Waals surface area contributed by atoms with Gasteiger partial charge in [0.15, 0.2) is 5.65 Å². The summed E-state index contributed by atoms with van der Waals surface area (Å²) >= 11 is 0. The highest BCUT2D eigenvalue weighted by molar-refractivity contribution is 5.65. The van der Waals surface area contributed by atoms with Crippen LogP contribution in [0, 0.1) is 6.92 Å². The fourth-order valence-corrected chi connectivity index (χ4v) is 5.87. The summed E-state index contributed by atoms with van der Waals surface area (Å²) in [4.78, 5) is 9.91. The zero-order chi connectivity index (χ0) is 27.8. The van der Waals surface area contributed by atoms with E-state index >= 15 is 0 Å². The van der Waals surface area contributed by atoms with Gasteiger partial charge in [-0.3, -0.25) is 0 Å². The Hall–Kier alpha value is -2.82.